The Morgan fingerprint density at radius 3 is 2.65 bits per heavy atom. The molecule has 1 aromatic heterocycles. The third-order valence-electron chi connectivity index (χ3n) is 5.28. The van der Waals surface area contributed by atoms with Crippen LogP contribution < -0.4 is 5.56 Å². The average molecular weight is 275 g/mol. The summed E-state index contributed by atoms with van der Waals surface area (Å²) in [7, 11) is 0. The maximum Gasteiger partial charge on any atom is 0.337 e. The summed E-state index contributed by atoms with van der Waals surface area (Å²) in [5.41, 5.74) is 1.38. The fourth-order valence-electron chi connectivity index (χ4n) is 4.31. The lowest BCUT2D eigenvalue weighted by Crippen LogP contribution is -2.30. The number of hydrogen-bond donors (Lipinski definition) is 1. The summed E-state index contributed by atoms with van der Waals surface area (Å²) in [4.78, 5) is 23.6. The van der Waals surface area contributed by atoms with Gasteiger partial charge in [-0.2, -0.15) is 0 Å². The first-order valence-corrected chi connectivity index (χ1v) is 7.41. The van der Waals surface area contributed by atoms with E-state index >= 15 is 0 Å². The molecule has 1 aromatic rings. The second-order valence-electron chi connectivity index (χ2n) is 6.48. The molecule has 0 aliphatic heterocycles. The Kier molecular flexibility index (Phi) is 3.19. The molecule has 3 atom stereocenters. The molecule has 1 N–H and O–H groups in total. The van der Waals surface area contributed by atoms with Crippen LogP contribution in [-0.4, -0.2) is 15.6 Å². The van der Waals surface area contributed by atoms with Crippen LogP contribution in [0.5, 0.6) is 0 Å². The van der Waals surface area contributed by atoms with Crippen molar-refractivity contribution in [3.63, 3.8) is 0 Å². The van der Waals surface area contributed by atoms with Crippen LogP contribution in [0.1, 0.15) is 47.3 Å². The third kappa shape index (κ3) is 2.07. The number of fused-ring (bicyclic) bond motifs is 2. The lowest BCUT2D eigenvalue weighted by atomic mass is 9.88. The molecule has 1 heterocycles. The third-order valence-corrected chi connectivity index (χ3v) is 5.28. The van der Waals surface area contributed by atoms with E-state index in [4.69, 9.17) is 0 Å². The van der Waals surface area contributed by atoms with Crippen molar-refractivity contribution in [3.05, 3.63) is 33.2 Å². The second-order valence-corrected chi connectivity index (χ2v) is 6.48. The van der Waals surface area contributed by atoms with Gasteiger partial charge in [-0.05, 0) is 56.4 Å². The van der Waals surface area contributed by atoms with E-state index in [1.54, 1.807) is 18.4 Å². The first-order valence-electron chi connectivity index (χ1n) is 7.41. The Hall–Kier alpha value is -1.58. The van der Waals surface area contributed by atoms with Crippen LogP contribution in [-0.2, 0) is 6.54 Å². The highest BCUT2D eigenvalue weighted by molar-refractivity contribution is 5.90. The largest absolute Gasteiger partial charge is 0.478 e. The molecule has 108 valence electrons. The summed E-state index contributed by atoms with van der Waals surface area (Å²) in [6.07, 6.45) is 5.12. The second kappa shape index (κ2) is 4.76. The van der Waals surface area contributed by atoms with E-state index in [-0.39, 0.29) is 11.1 Å². The van der Waals surface area contributed by atoms with E-state index in [1.165, 1.54) is 31.7 Å². The molecule has 0 aromatic carbocycles. The molecule has 4 heteroatoms. The molecular weight excluding hydrogens is 254 g/mol. The lowest BCUT2D eigenvalue weighted by Gasteiger charge is -2.24. The molecule has 2 aliphatic rings. The molecule has 2 saturated carbocycles. The van der Waals surface area contributed by atoms with E-state index in [1.807, 2.05) is 0 Å². The molecule has 4 nitrogen and oxygen atoms in total. The summed E-state index contributed by atoms with van der Waals surface area (Å²) in [6, 6.07) is 1.46. The molecule has 3 unspecified atom stereocenters. The van der Waals surface area contributed by atoms with Gasteiger partial charge in [0.1, 0.15) is 0 Å². The molecule has 20 heavy (non-hydrogen) atoms. The maximum absolute atomic E-state index is 12.2. The Balaban J connectivity index is 1.95. The van der Waals surface area contributed by atoms with Crippen molar-refractivity contribution in [2.24, 2.45) is 17.8 Å². The number of carbonyl (C=O) groups is 1. The van der Waals surface area contributed by atoms with Crippen molar-refractivity contribution in [1.82, 2.24) is 4.57 Å². The van der Waals surface area contributed by atoms with Gasteiger partial charge in [-0.1, -0.05) is 6.42 Å². The lowest BCUT2D eigenvalue weighted by molar-refractivity contribution is 0.0693. The molecule has 0 amide bonds. The molecule has 3 rings (SSSR count). The van der Waals surface area contributed by atoms with E-state index in [2.05, 4.69) is 0 Å². The normalized spacial score (nSPS) is 28.0. The molecule has 0 radical (unpaired) electrons. The highest BCUT2D eigenvalue weighted by atomic mass is 16.4. The van der Waals surface area contributed by atoms with Crippen LogP contribution in [0.2, 0.25) is 0 Å². The summed E-state index contributed by atoms with van der Waals surface area (Å²) >= 11 is 0. The summed E-state index contributed by atoms with van der Waals surface area (Å²) in [5.74, 6) is 1.18. The minimum atomic E-state index is -0.943. The number of aromatic carboxylic acids is 1. The highest BCUT2D eigenvalue weighted by Gasteiger charge is 2.39. The number of carboxylic acid groups (broad SMARTS) is 1. The van der Waals surface area contributed by atoms with Crippen LogP contribution in [0.25, 0.3) is 0 Å². The van der Waals surface area contributed by atoms with Crippen molar-refractivity contribution in [1.29, 1.82) is 0 Å². The topological polar surface area (TPSA) is 59.3 Å². The van der Waals surface area contributed by atoms with E-state index < -0.39 is 5.97 Å². The van der Waals surface area contributed by atoms with E-state index in [9.17, 15) is 14.7 Å². The molecule has 0 saturated heterocycles. The highest BCUT2D eigenvalue weighted by Crippen LogP contribution is 2.48. The fourth-order valence-corrected chi connectivity index (χ4v) is 4.31. The van der Waals surface area contributed by atoms with Crippen LogP contribution in [0.4, 0.5) is 0 Å². The first-order chi connectivity index (χ1) is 9.47. The quantitative estimate of drug-likeness (QED) is 0.922. The van der Waals surface area contributed by atoms with Crippen molar-refractivity contribution in [2.45, 2.75) is 46.1 Å². The Labute approximate surface area is 118 Å². The van der Waals surface area contributed by atoms with E-state index in [0.29, 0.717) is 23.7 Å². The smallest absolute Gasteiger partial charge is 0.337 e. The van der Waals surface area contributed by atoms with Crippen molar-refractivity contribution in [3.8, 4) is 0 Å². The number of carboxylic acids is 1. The van der Waals surface area contributed by atoms with Gasteiger partial charge in [-0.15, -0.1) is 0 Å². The number of hydrogen-bond acceptors (Lipinski definition) is 2. The van der Waals surface area contributed by atoms with Crippen LogP contribution in [0.15, 0.2) is 10.9 Å². The van der Waals surface area contributed by atoms with Crippen LogP contribution >= 0.6 is 0 Å². The summed E-state index contributed by atoms with van der Waals surface area (Å²) < 4.78 is 1.68. The van der Waals surface area contributed by atoms with Crippen molar-refractivity contribution < 1.29 is 9.90 Å². The maximum atomic E-state index is 12.2. The Morgan fingerprint density at radius 1 is 1.35 bits per heavy atom. The number of rotatable bonds is 3. The van der Waals surface area contributed by atoms with Gasteiger partial charge >= 0.3 is 5.97 Å². The van der Waals surface area contributed by atoms with Gasteiger partial charge < -0.3 is 9.67 Å². The van der Waals surface area contributed by atoms with Gasteiger partial charge in [0, 0.05) is 18.3 Å². The van der Waals surface area contributed by atoms with Crippen LogP contribution in [0.3, 0.4) is 0 Å². The van der Waals surface area contributed by atoms with Gasteiger partial charge in [-0.25, -0.2) is 4.79 Å². The summed E-state index contributed by atoms with van der Waals surface area (Å²) in [6.45, 7) is 4.14. The van der Waals surface area contributed by atoms with Gasteiger partial charge in [0.05, 0.1) is 5.56 Å². The molecule has 2 aliphatic carbocycles. The van der Waals surface area contributed by atoms with Gasteiger partial charge in [-0.3, -0.25) is 4.79 Å². The van der Waals surface area contributed by atoms with Gasteiger partial charge in [0.15, 0.2) is 0 Å². The number of pyridine rings is 1. The van der Waals surface area contributed by atoms with Crippen molar-refractivity contribution >= 4 is 5.97 Å². The predicted octanol–water partition coefficient (Wildman–Crippen LogP) is 2.60. The monoisotopic (exact) mass is 275 g/mol. The number of aromatic nitrogens is 1. The fraction of sp³-hybridized carbons (Fsp3) is 0.625. The Morgan fingerprint density at radius 2 is 2.10 bits per heavy atom. The zero-order chi connectivity index (χ0) is 14.4. The molecule has 0 spiro atoms. The average Bonchev–Trinajstić information content (AvgIpc) is 2.95. The van der Waals surface area contributed by atoms with E-state index in [0.717, 1.165) is 11.8 Å². The minimum Gasteiger partial charge on any atom is -0.478 e. The minimum absolute atomic E-state index is 0.0622. The molecule has 2 bridgehead atoms. The number of aryl methyl sites for hydroxylation is 1. The number of nitrogens with zero attached hydrogens (tertiary/aromatic N) is 1. The zero-order valence-electron chi connectivity index (χ0n) is 12.1. The SMILES string of the molecule is Cc1cc(=O)n(CC2CC3CCC2C3)c(C)c1C(=O)O. The summed E-state index contributed by atoms with van der Waals surface area (Å²) in [5, 5.41) is 9.31. The molecular formula is C16H21NO3. The standard InChI is InChI=1S/C16H21NO3/c1-9-5-14(18)17(10(2)15(9)16(19)20)8-13-7-11-3-4-12(13)6-11/h5,11-13H,3-4,6-8H2,1-2H3,(H,19,20). The van der Waals surface area contributed by atoms with Crippen LogP contribution in [0, 0.1) is 31.6 Å². The van der Waals surface area contributed by atoms with Gasteiger partial charge in [0.2, 0.25) is 0 Å². The Bertz CT molecular complexity index is 617. The van der Waals surface area contributed by atoms with Crippen molar-refractivity contribution in [2.75, 3.05) is 0 Å². The van der Waals surface area contributed by atoms with Gasteiger partial charge in [0.25, 0.3) is 5.56 Å². The first kappa shape index (κ1) is 13.4. The molecule has 2 fully saturated rings. The zero-order valence-corrected chi connectivity index (χ0v) is 12.1. The predicted molar refractivity (Wildman–Crippen MR) is 76.1 cm³/mol.